The largest absolute Gasteiger partial charge is 0.294 e. The molecule has 0 bridgehead atoms. The van der Waals surface area contributed by atoms with Gasteiger partial charge < -0.3 is 0 Å². The first kappa shape index (κ1) is 7.95. The molecule has 2 nitrogen and oxygen atoms in total. The van der Waals surface area contributed by atoms with Crippen LogP contribution in [0.4, 0.5) is 0 Å². The maximum absolute atomic E-state index is 11.1. The van der Waals surface area contributed by atoms with E-state index >= 15 is 0 Å². The fraction of sp³-hybridized carbons (Fsp3) is 0.222. The van der Waals surface area contributed by atoms with Crippen molar-refractivity contribution in [3.05, 3.63) is 35.9 Å². The zero-order valence-corrected chi connectivity index (χ0v) is 6.21. The van der Waals surface area contributed by atoms with E-state index in [9.17, 15) is 4.79 Å². The molecule has 11 heavy (non-hydrogen) atoms. The lowest BCUT2D eigenvalue weighted by Crippen LogP contribution is -2.01. The second-order valence-corrected chi connectivity index (χ2v) is 2.29. The number of hydrogen-bond acceptors (Lipinski definition) is 1. The number of rotatable bonds is 3. The molecule has 0 fully saturated rings. The molecule has 0 aliphatic heterocycles. The summed E-state index contributed by atoms with van der Waals surface area (Å²) >= 11 is 0. The van der Waals surface area contributed by atoms with Crippen molar-refractivity contribution in [2.24, 2.45) is 0 Å². The van der Waals surface area contributed by atoms with Crippen molar-refractivity contribution in [1.82, 2.24) is 5.73 Å². The number of Topliss-reactive ketones (excluding diaryl/α,β-unsaturated/α-hetero) is 1. The minimum Gasteiger partial charge on any atom is -0.294 e. The molecule has 57 valence electrons. The fourth-order valence-corrected chi connectivity index (χ4v) is 0.882. The normalized spacial score (nSPS) is 9.55. The van der Waals surface area contributed by atoms with E-state index in [0.29, 0.717) is 12.0 Å². The van der Waals surface area contributed by atoms with Gasteiger partial charge in [-0.1, -0.05) is 30.3 Å². The van der Waals surface area contributed by atoms with Crippen LogP contribution in [0, 0.1) is 0 Å². The Kier molecular flexibility index (Phi) is 2.81. The quantitative estimate of drug-likeness (QED) is 0.599. The number of ketones is 1. The number of carbonyl (C=O) groups is 1. The molecule has 0 saturated heterocycles. The molecule has 2 heteroatoms. The molecule has 1 radical (unpaired) electrons. The van der Waals surface area contributed by atoms with Crippen LogP contribution in [0.2, 0.25) is 0 Å². The first-order valence-electron chi connectivity index (χ1n) is 3.57. The van der Waals surface area contributed by atoms with E-state index < -0.39 is 0 Å². The van der Waals surface area contributed by atoms with E-state index in [1.807, 2.05) is 18.2 Å². The number of nitrogens with one attached hydrogen (secondary N) is 1. The molecular weight excluding hydrogens is 138 g/mol. The molecule has 0 heterocycles. The van der Waals surface area contributed by atoms with Crippen LogP contribution in [-0.2, 0) is 0 Å². The lowest BCUT2D eigenvalue weighted by Gasteiger charge is -1.95. The van der Waals surface area contributed by atoms with Crippen molar-refractivity contribution in [2.75, 3.05) is 6.54 Å². The van der Waals surface area contributed by atoms with E-state index in [2.05, 4.69) is 0 Å². The molecule has 0 aliphatic carbocycles. The Morgan fingerprint density at radius 3 is 2.45 bits per heavy atom. The molecule has 1 aromatic carbocycles. The first-order valence-corrected chi connectivity index (χ1v) is 3.57. The van der Waals surface area contributed by atoms with E-state index in [4.69, 9.17) is 5.73 Å². The Morgan fingerprint density at radius 2 is 1.91 bits per heavy atom. The highest BCUT2D eigenvalue weighted by atomic mass is 16.1. The molecule has 1 aromatic rings. The zero-order chi connectivity index (χ0) is 8.10. The van der Waals surface area contributed by atoms with Gasteiger partial charge in [0.15, 0.2) is 5.78 Å². The summed E-state index contributed by atoms with van der Waals surface area (Å²) in [5.74, 6) is 0.0561. The summed E-state index contributed by atoms with van der Waals surface area (Å²) in [4.78, 5) is 11.1. The number of hydrogen-bond donors (Lipinski definition) is 0. The SMILES string of the molecule is [NH]CCC(=O)c1ccccc1. The van der Waals surface area contributed by atoms with Gasteiger partial charge in [0.25, 0.3) is 0 Å². The van der Waals surface area contributed by atoms with Gasteiger partial charge in [0.05, 0.1) is 0 Å². The highest BCUT2D eigenvalue weighted by molar-refractivity contribution is 5.96. The molecule has 0 unspecified atom stereocenters. The van der Waals surface area contributed by atoms with Crippen LogP contribution >= 0.6 is 0 Å². The van der Waals surface area contributed by atoms with Crippen LogP contribution in [-0.4, -0.2) is 12.3 Å². The average Bonchev–Trinajstić information content (AvgIpc) is 2.07. The van der Waals surface area contributed by atoms with Gasteiger partial charge >= 0.3 is 0 Å². The van der Waals surface area contributed by atoms with Gasteiger partial charge in [0.1, 0.15) is 0 Å². The van der Waals surface area contributed by atoms with Gasteiger partial charge in [-0.3, -0.25) is 10.5 Å². The third kappa shape index (κ3) is 2.16. The monoisotopic (exact) mass is 148 g/mol. The van der Waals surface area contributed by atoms with Crippen LogP contribution < -0.4 is 5.73 Å². The van der Waals surface area contributed by atoms with Gasteiger partial charge in [0, 0.05) is 18.5 Å². The summed E-state index contributed by atoms with van der Waals surface area (Å²) in [7, 11) is 0. The predicted molar refractivity (Wildman–Crippen MR) is 43.4 cm³/mol. The fourth-order valence-electron chi connectivity index (χ4n) is 0.882. The molecule has 0 spiro atoms. The van der Waals surface area contributed by atoms with Crippen LogP contribution in [0.15, 0.2) is 30.3 Å². The highest BCUT2D eigenvalue weighted by Gasteiger charge is 2.01. The summed E-state index contributed by atoms with van der Waals surface area (Å²) in [6.07, 6.45) is 0.323. The third-order valence-corrected chi connectivity index (χ3v) is 1.45. The molecule has 0 aliphatic rings. The second-order valence-electron chi connectivity index (χ2n) is 2.29. The first-order chi connectivity index (χ1) is 5.34. The van der Waals surface area contributed by atoms with E-state index in [0.717, 1.165) is 0 Å². The van der Waals surface area contributed by atoms with E-state index in [1.165, 1.54) is 0 Å². The Morgan fingerprint density at radius 1 is 1.27 bits per heavy atom. The van der Waals surface area contributed by atoms with Crippen molar-refractivity contribution in [3.8, 4) is 0 Å². The van der Waals surface area contributed by atoms with Gasteiger partial charge in [-0.15, -0.1) is 0 Å². The molecule has 0 atom stereocenters. The zero-order valence-electron chi connectivity index (χ0n) is 6.21. The average molecular weight is 148 g/mol. The Hall–Kier alpha value is -1.15. The van der Waals surface area contributed by atoms with E-state index in [-0.39, 0.29) is 12.3 Å². The molecular formula is C9H10NO. The van der Waals surface area contributed by atoms with Crippen LogP contribution in [0.1, 0.15) is 16.8 Å². The number of benzene rings is 1. The lowest BCUT2D eigenvalue weighted by molar-refractivity contribution is 0.0985. The highest BCUT2D eigenvalue weighted by Crippen LogP contribution is 2.01. The molecule has 1 N–H and O–H groups in total. The minimum atomic E-state index is 0.0561. The third-order valence-electron chi connectivity index (χ3n) is 1.45. The lowest BCUT2D eigenvalue weighted by atomic mass is 10.1. The van der Waals surface area contributed by atoms with Crippen molar-refractivity contribution >= 4 is 5.78 Å². The minimum absolute atomic E-state index is 0.0561. The van der Waals surface area contributed by atoms with Gasteiger partial charge in [-0.05, 0) is 0 Å². The standard InChI is InChI=1S/C9H10NO/c10-7-6-9(11)8-4-2-1-3-5-8/h1-5,10H,6-7H2. The molecule has 0 saturated carbocycles. The second kappa shape index (κ2) is 3.88. The van der Waals surface area contributed by atoms with Crippen LogP contribution in [0.3, 0.4) is 0 Å². The topological polar surface area (TPSA) is 40.9 Å². The van der Waals surface area contributed by atoms with Crippen molar-refractivity contribution in [1.29, 1.82) is 0 Å². The van der Waals surface area contributed by atoms with Crippen LogP contribution in [0.25, 0.3) is 0 Å². The summed E-state index contributed by atoms with van der Waals surface area (Å²) in [5, 5.41) is 0. The molecule has 0 aromatic heterocycles. The van der Waals surface area contributed by atoms with Crippen molar-refractivity contribution in [2.45, 2.75) is 6.42 Å². The number of carbonyl (C=O) groups excluding carboxylic acids is 1. The predicted octanol–water partition coefficient (Wildman–Crippen LogP) is 1.54. The van der Waals surface area contributed by atoms with E-state index in [1.54, 1.807) is 12.1 Å². The smallest absolute Gasteiger partial charge is 0.164 e. The molecule has 1 rings (SSSR count). The summed E-state index contributed by atoms with van der Waals surface area (Å²) < 4.78 is 0. The Labute approximate surface area is 66.0 Å². The van der Waals surface area contributed by atoms with Crippen molar-refractivity contribution < 1.29 is 4.79 Å². The summed E-state index contributed by atoms with van der Waals surface area (Å²) in [6, 6.07) is 9.09. The maximum atomic E-state index is 11.1. The van der Waals surface area contributed by atoms with Gasteiger partial charge in [-0.2, -0.15) is 0 Å². The molecule has 0 amide bonds. The van der Waals surface area contributed by atoms with Gasteiger partial charge in [0.2, 0.25) is 0 Å². The van der Waals surface area contributed by atoms with Crippen LogP contribution in [0.5, 0.6) is 0 Å². The Bertz CT molecular complexity index is 231. The van der Waals surface area contributed by atoms with Crippen molar-refractivity contribution in [3.63, 3.8) is 0 Å². The Balaban J connectivity index is 2.69. The summed E-state index contributed by atoms with van der Waals surface area (Å²) in [6.45, 7) is 0.174. The summed E-state index contributed by atoms with van der Waals surface area (Å²) in [5.41, 5.74) is 7.57. The van der Waals surface area contributed by atoms with Gasteiger partial charge in [-0.25, -0.2) is 0 Å². The maximum Gasteiger partial charge on any atom is 0.164 e.